The van der Waals surface area contributed by atoms with E-state index in [1.54, 1.807) is 0 Å². The maximum absolute atomic E-state index is 16.0. The number of hydrogen-bond donors (Lipinski definition) is 3. The Morgan fingerprint density at radius 2 is 1.77 bits per heavy atom. The van der Waals surface area contributed by atoms with Gasteiger partial charge in [0.1, 0.15) is 46.6 Å². The first-order valence-electron chi connectivity index (χ1n) is 15.9. The average Bonchev–Trinajstić information content (AvgIpc) is 3.72. The molecule has 1 aromatic carbocycles. The predicted molar refractivity (Wildman–Crippen MR) is 172 cm³/mol. The number of amides is 1. The van der Waals surface area contributed by atoms with Gasteiger partial charge in [0.25, 0.3) is 5.92 Å². The number of fused-ring (bicyclic) bond motifs is 2. The molecule has 4 heterocycles. The molecular weight excluding hydrogens is 700 g/mol. The Labute approximate surface area is 291 Å². The highest BCUT2D eigenvalue weighted by Crippen LogP contribution is 2.55. The Morgan fingerprint density at radius 1 is 1.08 bits per heavy atom. The van der Waals surface area contributed by atoms with Crippen LogP contribution in [0.25, 0.3) is 22.2 Å². The van der Waals surface area contributed by atoms with Gasteiger partial charge in [-0.25, -0.2) is 23.1 Å². The van der Waals surface area contributed by atoms with E-state index in [-0.39, 0.29) is 39.1 Å². The first-order chi connectivity index (χ1) is 24.2. The molecule has 3 N–H and O–H groups in total. The van der Waals surface area contributed by atoms with Crippen molar-refractivity contribution in [2.24, 2.45) is 5.92 Å². The van der Waals surface area contributed by atoms with Crippen LogP contribution in [0, 0.1) is 35.2 Å². The number of aromatic amines is 1. The van der Waals surface area contributed by atoms with Gasteiger partial charge < -0.3 is 15.4 Å². The molecule has 1 amide bonds. The Balaban J connectivity index is 1.49. The normalized spacial score (nSPS) is 17.5. The summed E-state index contributed by atoms with van der Waals surface area (Å²) in [6.45, 7) is 4.03. The lowest BCUT2D eigenvalue weighted by atomic mass is 9.94. The van der Waals surface area contributed by atoms with Crippen molar-refractivity contribution in [3.05, 3.63) is 100 Å². The van der Waals surface area contributed by atoms with Crippen LogP contribution in [-0.2, 0) is 29.9 Å². The van der Waals surface area contributed by atoms with Crippen LogP contribution >= 0.6 is 0 Å². The van der Waals surface area contributed by atoms with Crippen molar-refractivity contribution in [1.29, 1.82) is 0 Å². The summed E-state index contributed by atoms with van der Waals surface area (Å²) in [5, 5.41) is 16.2. The average molecular weight is 731 g/mol. The first-order valence-corrected chi connectivity index (χ1v) is 15.9. The number of rotatable bonds is 7. The largest absolute Gasteiger partial charge is 0.435 e. The van der Waals surface area contributed by atoms with Gasteiger partial charge in [-0.2, -0.15) is 27.1 Å². The Hall–Kier alpha value is -5.30. The Bertz CT molecular complexity index is 2240. The van der Waals surface area contributed by atoms with Crippen molar-refractivity contribution in [3.8, 4) is 23.0 Å². The molecule has 3 atom stereocenters. The predicted octanol–water partition coefficient (Wildman–Crippen LogP) is 7.33. The number of pyridine rings is 2. The molecule has 52 heavy (non-hydrogen) atoms. The zero-order valence-electron chi connectivity index (χ0n) is 27.9. The third kappa shape index (κ3) is 6.97. The molecule has 0 unspecified atom stereocenters. The van der Waals surface area contributed by atoms with Crippen molar-refractivity contribution in [3.63, 3.8) is 0 Å². The smallest absolute Gasteiger partial charge is 0.378 e. The van der Waals surface area contributed by atoms with Crippen LogP contribution in [0.1, 0.15) is 73.6 Å². The molecule has 16 heteroatoms. The van der Waals surface area contributed by atoms with Crippen LogP contribution < -0.4 is 5.32 Å². The lowest BCUT2D eigenvalue weighted by Gasteiger charge is -2.23. The molecule has 5 aromatic rings. The van der Waals surface area contributed by atoms with E-state index in [4.69, 9.17) is 0 Å². The highest BCUT2D eigenvalue weighted by Gasteiger charge is 2.57. The number of halogens is 8. The Kier molecular flexibility index (Phi) is 9.15. The molecule has 0 fully saturated rings. The van der Waals surface area contributed by atoms with E-state index >= 15 is 13.2 Å². The molecule has 8 nitrogen and oxygen atoms in total. The van der Waals surface area contributed by atoms with E-state index in [0.29, 0.717) is 10.7 Å². The van der Waals surface area contributed by atoms with Gasteiger partial charge in [0, 0.05) is 41.1 Å². The number of alkyl halides is 5. The van der Waals surface area contributed by atoms with Crippen LogP contribution in [0.3, 0.4) is 0 Å². The van der Waals surface area contributed by atoms with Crippen LogP contribution in [-0.4, -0.2) is 41.3 Å². The minimum atomic E-state index is -5.10. The zero-order valence-corrected chi connectivity index (χ0v) is 27.9. The molecule has 0 spiro atoms. The van der Waals surface area contributed by atoms with Gasteiger partial charge >= 0.3 is 6.18 Å². The number of benzene rings is 1. The van der Waals surface area contributed by atoms with E-state index < -0.39 is 88.9 Å². The van der Waals surface area contributed by atoms with Crippen LogP contribution in [0.2, 0.25) is 0 Å². The summed E-state index contributed by atoms with van der Waals surface area (Å²) in [7, 11) is 0. The number of nitrogens with zero attached hydrogens (tertiary/aromatic N) is 4. The van der Waals surface area contributed by atoms with Crippen molar-refractivity contribution in [1.82, 2.24) is 30.0 Å². The summed E-state index contributed by atoms with van der Waals surface area (Å²) in [6.07, 6.45) is -2.87. The number of aliphatic hydroxyl groups is 1. The van der Waals surface area contributed by atoms with Crippen LogP contribution in [0.15, 0.2) is 48.8 Å². The van der Waals surface area contributed by atoms with Crippen molar-refractivity contribution < 1.29 is 45.0 Å². The van der Waals surface area contributed by atoms with Gasteiger partial charge in [-0.1, -0.05) is 19.8 Å². The quantitative estimate of drug-likeness (QED) is 0.120. The number of hydrogen-bond acceptors (Lipinski definition) is 5. The molecule has 0 saturated heterocycles. The van der Waals surface area contributed by atoms with Crippen LogP contribution in [0.4, 0.5) is 35.1 Å². The third-order valence-electron chi connectivity index (χ3n) is 8.90. The summed E-state index contributed by atoms with van der Waals surface area (Å²) in [5.74, 6) is -5.10. The van der Waals surface area contributed by atoms with Gasteiger partial charge in [-0.3, -0.25) is 9.48 Å². The molecule has 0 aliphatic heterocycles. The number of carbonyl (C=O) groups is 1. The number of H-pyrrole nitrogens is 1. The number of nitrogens with one attached hydrogen (secondary N) is 2. The highest BCUT2D eigenvalue weighted by molar-refractivity contribution is 5.83. The number of aromatic nitrogens is 5. The maximum atomic E-state index is 16.0. The first kappa shape index (κ1) is 36.5. The maximum Gasteiger partial charge on any atom is 0.435 e. The molecule has 0 saturated carbocycles. The van der Waals surface area contributed by atoms with Gasteiger partial charge in [-0.15, -0.1) is 0 Å². The van der Waals surface area contributed by atoms with Crippen molar-refractivity contribution >= 4 is 16.9 Å². The summed E-state index contributed by atoms with van der Waals surface area (Å²) >= 11 is 0. The molecular formula is C36H30F8N6O2. The van der Waals surface area contributed by atoms with E-state index in [0.717, 1.165) is 19.1 Å². The van der Waals surface area contributed by atoms with Gasteiger partial charge in [0.05, 0.1) is 17.1 Å². The topological polar surface area (TPSA) is 109 Å². The lowest BCUT2D eigenvalue weighted by molar-refractivity contribution is -0.143. The zero-order chi connectivity index (χ0) is 37.9. The summed E-state index contributed by atoms with van der Waals surface area (Å²) in [6, 6.07) is 5.36. The summed E-state index contributed by atoms with van der Waals surface area (Å²) < 4.78 is 118. The molecule has 6 rings (SSSR count). The highest BCUT2D eigenvalue weighted by atomic mass is 19.4. The second-order valence-electron chi connectivity index (χ2n) is 13.2. The summed E-state index contributed by atoms with van der Waals surface area (Å²) in [5.41, 5.74) is -4.74. The minimum Gasteiger partial charge on any atom is -0.378 e. The van der Waals surface area contributed by atoms with E-state index in [1.807, 2.05) is 0 Å². The summed E-state index contributed by atoms with van der Waals surface area (Å²) in [4.78, 5) is 25.3. The van der Waals surface area contributed by atoms with Crippen molar-refractivity contribution in [2.75, 3.05) is 0 Å². The Morgan fingerprint density at radius 3 is 2.42 bits per heavy atom. The standard InChI is InChI=1S/C36H30F8N6O2/c1-17-18(2)35(40,41)32-28(17)31(36(42,43)44)49-50(32)16-27(51)48-26(13-19-11-20(37)14-21(38)12-19)30-23(6-5-22(47-30)7-9-34(3,4)52)25-15-46-33-24(29(25)39)8-10-45-33/h5-6,8,10-12,14-15,17-18,26,52H,13,16H2,1-4H3,(H,45,46)(H,48,51)/t17-,18+,26-/m0/s1. The van der Waals surface area contributed by atoms with Crippen molar-refractivity contribution in [2.45, 2.75) is 70.3 Å². The molecule has 0 radical (unpaired) electrons. The molecule has 4 aromatic heterocycles. The van der Waals surface area contributed by atoms with Gasteiger partial charge in [0.15, 0.2) is 5.69 Å². The van der Waals surface area contributed by atoms with E-state index in [1.165, 1.54) is 51.4 Å². The fraction of sp³-hybridized carbons (Fsp3) is 0.333. The fourth-order valence-corrected chi connectivity index (χ4v) is 6.34. The van der Waals surface area contributed by atoms with E-state index in [2.05, 4.69) is 37.2 Å². The third-order valence-corrected chi connectivity index (χ3v) is 8.90. The second-order valence-corrected chi connectivity index (χ2v) is 13.2. The van der Waals surface area contributed by atoms with Crippen LogP contribution in [0.5, 0.6) is 0 Å². The lowest BCUT2D eigenvalue weighted by Crippen LogP contribution is -2.35. The second kappa shape index (κ2) is 13.0. The monoisotopic (exact) mass is 730 g/mol. The molecule has 0 bridgehead atoms. The molecule has 272 valence electrons. The number of carbonyl (C=O) groups excluding carboxylic acids is 1. The molecule has 1 aliphatic carbocycles. The fourth-order valence-electron chi connectivity index (χ4n) is 6.34. The van der Waals surface area contributed by atoms with E-state index in [9.17, 15) is 31.9 Å². The minimum absolute atomic E-state index is 0.0169. The molecule has 1 aliphatic rings. The van der Waals surface area contributed by atoms with Gasteiger partial charge in [-0.05, 0) is 68.0 Å². The van der Waals surface area contributed by atoms with Gasteiger partial charge in [0.2, 0.25) is 5.91 Å². The SMILES string of the molecule is C[C@@H]1c2c(C(F)(F)F)nn(CC(=O)N[C@@H](Cc3cc(F)cc(F)c3)c3nc(C#CC(C)(C)O)ccc3-c3cnc4[nH]ccc4c3F)c2C(F)(F)[C@@H]1C.